The quantitative estimate of drug-likeness (QED) is 0.456. The number of nitrogens with one attached hydrogen (secondary N) is 1. The van der Waals surface area contributed by atoms with Crippen molar-refractivity contribution in [2.75, 3.05) is 5.32 Å². The molecule has 0 saturated carbocycles. The minimum absolute atomic E-state index is 0.173. The second-order valence-corrected chi connectivity index (χ2v) is 7.05. The molecule has 6 heteroatoms. The summed E-state index contributed by atoms with van der Waals surface area (Å²) in [5.41, 5.74) is 3.34. The molecule has 0 fully saturated rings. The molecule has 4 aromatic rings. The van der Waals surface area contributed by atoms with Crippen molar-refractivity contribution in [2.45, 2.75) is 10.8 Å². The van der Waals surface area contributed by atoms with Crippen LogP contribution in [0.3, 0.4) is 0 Å². The van der Waals surface area contributed by atoms with E-state index in [1.54, 1.807) is 24.0 Å². The molecule has 1 amide bonds. The van der Waals surface area contributed by atoms with Crippen molar-refractivity contribution < 1.29 is 9.32 Å². The van der Waals surface area contributed by atoms with Crippen LogP contribution in [0.25, 0.3) is 11.3 Å². The zero-order chi connectivity index (χ0) is 19.2. The number of rotatable bonds is 6. The molecule has 5 nitrogen and oxygen atoms in total. The number of carbonyl (C=O) groups is 1. The third-order valence-electron chi connectivity index (χ3n) is 4.01. The lowest BCUT2D eigenvalue weighted by molar-refractivity contribution is 0.0988. The Labute approximate surface area is 166 Å². The van der Waals surface area contributed by atoms with Gasteiger partial charge >= 0.3 is 0 Å². The number of hydrogen-bond acceptors (Lipinski definition) is 5. The number of carbonyl (C=O) groups excluding carboxylic acids is 1. The molecule has 0 aliphatic heterocycles. The Morgan fingerprint density at radius 3 is 2.64 bits per heavy atom. The molecule has 2 aromatic carbocycles. The molecule has 28 heavy (non-hydrogen) atoms. The number of benzene rings is 2. The average molecular weight is 387 g/mol. The lowest BCUT2D eigenvalue weighted by Gasteiger charge is -2.06. The van der Waals surface area contributed by atoms with E-state index in [2.05, 4.69) is 15.5 Å². The van der Waals surface area contributed by atoms with E-state index in [0.717, 1.165) is 21.9 Å². The largest absolute Gasteiger partial charge is 0.350 e. The number of thioether (sulfide) groups is 1. The van der Waals surface area contributed by atoms with Crippen molar-refractivity contribution in [1.29, 1.82) is 0 Å². The average Bonchev–Trinajstić information content (AvgIpc) is 3.25. The summed E-state index contributed by atoms with van der Waals surface area (Å²) in [5.74, 6) is 0.609. The van der Waals surface area contributed by atoms with Crippen molar-refractivity contribution in [3.8, 4) is 11.3 Å². The first kappa shape index (κ1) is 18.0. The fourth-order valence-electron chi connectivity index (χ4n) is 2.65. The van der Waals surface area contributed by atoms with Crippen molar-refractivity contribution in [2.24, 2.45) is 0 Å². The van der Waals surface area contributed by atoms with Gasteiger partial charge in [0.1, 0.15) is 5.69 Å². The molecule has 4 rings (SSSR count). The Morgan fingerprint density at radius 2 is 1.82 bits per heavy atom. The van der Waals surface area contributed by atoms with Crippen LogP contribution < -0.4 is 5.32 Å². The van der Waals surface area contributed by atoms with Crippen LogP contribution in [0.5, 0.6) is 0 Å². The number of amides is 1. The van der Waals surface area contributed by atoms with Gasteiger partial charge in [-0.3, -0.25) is 4.79 Å². The van der Waals surface area contributed by atoms with Crippen LogP contribution in [0.15, 0.2) is 94.6 Å². The summed E-state index contributed by atoms with van der Waals surface area (Å²) in [6, 6.07) is 24.8. The van der Waals surface area contributed by atoms with Gasteiger partial charge < -0.3 is 9.84 Å². The second-order valence-electron chi connectivity index (χ2n) is 6.05. The van der Waals surface area contributed by atoms with Crippen LogP contribution >= 0.6 is 11.8 Å². The molecule has 0 atom stereocenters. The van der Waals surface area contributed by atoms with Crippen molar-refractivity contribution >= 4 is 23.4 Å². The van der Waals surface area contributed by atoms with Crippen LogP contribution in [0.4, 0.5) is 5.69 Å². The zero-order valence-electron chi connectivity index (χ0n) is 14.9. The van der Waals surface area contributed by atoms with E-state index in [1.165, 1.54) is 0 Å². The SMILES string of the molecule is O=C(Nc1cccc(CSc2ccccn2)c1)c1cc(-c2ccccc2)no1. The summed E-state index contributed by atoms with van der Waals surface area (Å²) >= 11 is 1.65. The predicted octanol–water partition coefficient (Wildman–Crippen LogP) is 5.28. The van der Waals surface area contributed by atoms with E-state index in [-0.39, 0.29) is 11.7 Å². The standard InChI is InChI=1S/C22H17N3O2S/c26-22(20-14-19(25-27-20)17-8-2-1-3-9-17)24-18-10-6-7-16(13-18)15-28-21-11-4-5-12-23-21/h1-14H,15H2,(H,24,26). The van der Waals surface area contributed by atoms with Gasteiger partial charge in [-0.2, -0.15) is 0 Å². The van der Waals surface area contributed by atoms with Crippen LogP contribution in [0.1, 0.15) is 16.1 Å². The van der Waals surface area contributed by atoms with Crippen LogP contribution in [-0.4, -0.2) is 16.0 Å². The number of aromatic nitrogens is 2. The van der Waals surface area contributed by atoms with E-state index in [1.807, 2.05) is 72.8 Å². The molecule has 0 aliphatic carbocycles. The van der Waals surface area contributed by atoms with Gasteiger partial charge in [0.15, 0.2) is 0 Å². The van der Waals surface area contributed by atoms with E-state index >= 15 is 0 Å². The van der Waals surface area contributed by atoms with Gasteiger partial charge in [-0.25, -0.2) is 4.98 Å². The molecule has 0 aliphatic rings. The molecule has 1 N–H and O–H groups in total. The molecule has 138 valence electrons. The van der Waals surface area contributed by atoms with Gasteiger partial charge in [-0.15, -0.1) is 11.8 Å². The van der Waals surface area contributed by atoms with Gasteiger partial charge in [0, 0.05) is 29.3 Å². The fourth-order valence-corrected chi connectivity index (χ4v) is 3.45. The molecule has 0 saturated heterocycles. The van der Waals surface area contributed by atoms with Gasteiger partial charge in [-0.05, 0) is 29.8 Å². The monoisotopic (exact) mass is 387 g/mol. The Hall–Kier alpha value is -3.38. The number of hydrogen-bond donors (Lipinski definition) is 1. The Morgan fingerprint density at radius 1 is 0.964 bits per heavy atom. The summed E-state index contributed by atoms with van der Waals surface area (Å²) in [5, 5.41) is 7.81. The maximum Gasteiger partial charge on any atom is 0.294 e. The third-order valence-corrected chi connectivity index (χ3v) is 5.03. The molecule has 2 aromatic heterocycles. The normalized spacial score (nSPS) is 10.6. The summed E-state index contributed by atoms with van der Waals surface area (Å²) in [6.45, 7) is 0. The van der Waals surface area contributed by atoms with E-state index in [4.69, 9.17) is 4.52 Å². The first-order valence-electron chi connectivity index (χ1n) is 8.74. The van der Waals surface area contributed by atoms with Gasteiger partial charge in [0.05, 0.1) is 5.03 Å². The van der Waals surface area contributed by atoms with Crippen molar-refractivity contribution in [3.63, 3.8) is 0 Å². The highest BCUT2D eigenvalue weighted by Crippen LogP contribution is 2.23. The molecule has 0 radical (unpaired) electrons. The van der Waals surface area contributed by atoms with E-state index < -0.39 is 0 Å². The molecular weight excluding hydrogens is 370 g/mol. The zero-order valence-corrected chi connectivity index (χ0v) is 15.7. The molecule has 0 spiro atoms. The molecule has 0 bridgehead atoms. The summed E-state index contributed by atoms with van der Waals surface area (Å²) in [6.07, 6.45) is 1.78. The Balaban J connectivity index is 1.41. The highest BCUT2D eigenvalue weighted by molar-refractivity contribution is 7.98. The first-order valence-corrected chi connectivity index (χ1v) is 9.73. The van der Waals surface area contributed by atoms with Crippen molar-refractivity contribution in [1.82, 2.24) is 10.1 Å². The van der Waals surface area contributed by atoms with Gasteiger partial charge in [0.25, 0.3) is 5.91 Å². The van der Waals surface area contributed by atoms with E-state index in [9.17, 15) is 4.79 Å². The topological polar surface area (TPSA) is 68.0 Å². The minimum atomic E-state index is -0.329. The van der Waals surface area contributed by atoms with Gasteiger partial charge in [-0.1, -0.05) is 53.7 Å². The number of anilines is 1. The third kappa shape index (κ3) is 4.47. The van der Waals surface area contributed by atoms with Crippen LogP contribution in [0.2, 0.25) is 0 Å². The minimum Gasteiger partial charge on any atom is -0.350 e. The lowest BCUT2D eigenvalue weighted by Crippen LogP contribution is -2.10. The summed E-state index contributed by atoms with van der Waals surface area (Å²) < 4.78 is 5.21. The molecule has 0 unspecified atom stereocenters. The van der Waals surface area contributed by atoms with E-state index in [0.29, 0.717) is 11.4 Å². The van der Waals surface area contributed by atoms with Crippen molar-refractivity contribution in [3.05, 3.63) is 96.4 Å². The van der Waals surface area contributed by atoms with Gasteiger partial charge in [0.2, 0.25) is 5.76 Å². The summed E-state index contributed by atoms with van der Waals surface area (Å²) in [4.78, 5) is 16.8. The Kier molecular flexibility index (Phi) is 5.49. The second kappa shape index (κ2) is 8.54. The first-order chi connectivity index (χ1) is 13.8. The number of nitrogens with zero attached hydrogens (tertiary/aromatic N) is 2. The molecule has 2 heterocycles. The van der Waals surface area contributed by atoms with Crippen LogP contribution in [-0.2, 0) is 5.75 Å². The highest BCUT2D eigenvalue weighted by atomic mass is 32.2. The number of pyridine rings is 1. The highest BCUT2D eigenvalue weighted by Gasteiger charge is 2.14. The van der Waals surface area contributed by atoms with Crippen LogP contribution in [0, 0.1) is 0 Å². The Bertz CT molecular complexity index is 1070. The maximum atomic E-state index is 12.5. The molecular formula is C22H17N3O2S. The smallest absolute Gasteiger partial charge is 0.294 e. The summed E-state index contributed by atoms with van der Waals surface area (Å²) in [7, 11) is 0. The lowest BCUT2D eigenvalue weighted by atomic mass is 10.1. The fraction of sp³-hybridized carbons (Fsp3) is 0.0455. The predicted molar refractivity (Wildman–Crippen MR) is 110 cm³/mol. The maximum absolute atomic E-state index is 12.5.